The first-order chi connectivity index (χ1) is 17.8. The zero-order chi connectivity index (χ0) is 27.9. The summed E-state index contributed by atoms with van der Waals surface area (Å²) in [6.45, 7) is 3.36. The van der Waals surface area contributed by atoms with Crippen LogP contribution in [0.2, 0.25) is 0 Å². The van der Waals surface area contributed by atoms with Crippen molar-refractivity contribution in [1.29, 1.82) is 0 Å². The van der Waals surface area contributed by atoms with Crippen molar-refractivity contribution in [2.75, 3.05) is 90.0 Å². The number of hydrogen-bond acceptors (Lipinski definition) is 19. The molecule has 0 aliphatic rings. The van der Waals surface area contributed by atoms with Crippen molar-refractivity contribution >= 4 is 29.2 Å². The van der Waals surface area contributed by atoms with Crippen LogP contribution in [0.1, 0.15) is 0 Å². The third-order valence-electron chi connectivity index (χ3n) is 3.53. The number of nitrogen functional groups attached to an aromatic ring is 4. The Balaban J connectivity index is 0. The Labute approximate surface area is 240 Å². The van der Waals surface area contributed by atoms with Crippen molar-refractivity contribution in [2.24, 2.45) is 10.5 Å². The van der Waals surface area contributed by atoms with E-state index in [0.717, 1.165) is 5.34 Å². The molecule has 20 heteroatoms. The Morgan fingerprint density at radius 2 is 1.26 bits per heavy atom. The molecule has 19 nitrogen and oxygen atoms in total. The number of methoxy groups -OCH3 is 2. The number of hydrogen-bond donors (Lipinski definition) is 4. The van der Waals surface area contributed by atoms with Crippen LogP contribution in [-0.4, -0.2) is 87.0 Å². The summed E-state index contributed by atoms with van der Waals surface area (Å²) >= 11 is 0. The first-order valence-electron chi connectivity index (χ1n) is 10.3. The molecule has 208 valence electrons. The Bertz CT molecular complexity index is 897. The van der Waals surface area contributed by atoms with Crippen molar-refractivity contribution in [1.82, 2.24) is 19.9 Å². The largest absolute Gasteiger partial charge is 1.00 e. The summed E-state index contributed by atoms with van der Waals surface area (Å²) in [4.78, 5) is 33.5. The van der Waals surface area contributed by atoms with E-state index in [2.05, 4.69) is 25.1 Å². The maximum atomic E-state index is 10.6. The van der Waals surface area contributed by atoms with Crippen LogP contribution < -0.4 is 62.0 Å². The van der Waals surface area contributed by atoms with Gasteiger partial charge in [0.2, 0.25) is 23.5 Å². The molecule has 0 aromatic carbocycles. The number of rotatable bonds is 15. The minimum atomic E-state index is -0.166. The third-order valence-corrected chi connectivity index (χ3v) is 3.53. The van der Waals surface area contributed by atoms with E-state index in [1.54, 1.807) is 14.2 Å². The number of nitrogens with two attached hydrogens (primary N) is 4. The monoisotopic (exact) mass is 554 g/mol. The number of aromatic nitrogens is 4. The van der Waals surface area contributed by atoms with Gasteiger partial charge >= 0.3 is 29.6 Å². The van der Waals surface area contributed by atoms with Crippen molar-refractivity contribution in [3.63, 3.8) is 0 Å². The van der Waals surface area contributed by atoms with Crippen LogP contribution in [0.25, 0.3) is 0 Å². The molecule has 0 aliphatic heterocycles. The first kappa shape index (κ1) is 37.0. The molecule has 8 N–H and O–H groups in total. The summed E-state index contributed by atoms with van der Waals surface area (Å²) in [6.07, 6.45) is 0. The molecule has 0 radical (unpaired) electrons. The molecule has 0 atom stereocenters. The van der Waals surface area contributed by atoms with E-state index in [9.17, 15) is 4.91 Å². The van der Waals surface area contributed by atoms with Gasteiger partial charge in [0, 0.05) is 20.3 Å². The minimum Gasteiger partial charge on any atom is -0.475 e. The van der Waals surface area contributed by atoms with Gasteiger partial charge in [-0.25, -0.2) is 0 Å². The van der Waals surface area contributed by atoms with Gasteiger partial charge < -0.3 is 61.5 Å². The van der Waals surface area contributed by atoms with Gasteiger partial charge in [0.05, 0.1) is 39.6 Å². The van der Waals surface area contributed by atoms with E-state index in [4.69, 9.17) is 61.5 Å². The van der Waals surface area contributed by atoms with Gasteiger partial charge in [-0.2, -0.15) is 19.9 Å². The quantitative estimate of drug-likeness (QED) is 0.0738. The molecule has 0 unspecified atom stereocenters. The van der Waals surface area contributed by atoms with Gasteiger partial charge in [0.1, 0.15) is 19.0 Å². The first-order valence-corrected chi connectivity index (χ1v) is 10.3. The summed E-state index contributed by atoms with van der Waals surface area (Å²) in [7, 11) is 3.20. The van der Waals surface area contributed by atoms with Crippen LogP contribution in [0.15, 0.2) is 16.6 Å². The number of ether oxygens (including phenoxy) is 6. The molecule has 0 fully saturated rings. The van der Waals surface area contributed by atoms with Gasteiger partial charge in [-0.15, -0.1) is 10.2 Å². The zero-order valence-electron chi connectivity index (χ0n) is 21.4. The average Bonchev–Trinajstić information content (AvgIpc) is 2.83. The van der Waals surface area contributed by atoms with Crippen LogP contribution >= 0.6 is 0 Å². The third kappa shape index (κ3) is 18.1. The summed E-state index contributed by atoms with van der Waals surface area (Å²) in [6, 6.07) is 1.51. The molecule has 0 saturated heterocycles. The Hall–Kier alpha value is -3.20. The van der Waals surface area contributed by atoms with Gasteiger partial charge in [-0.05, 0) is 5.18 Å². The molecular weight excluding hydrogens is 523 g/mol. The van der Waals surface area contributed by atoms with Crippen LogP contribution in [0, 0.1) is 15.0 Å². The predicted octanol–water partition coefficient (Wildman–Crippen LogP) is -2.98. The molecule has 0 bridgehead atoms. The fourth-order valence-corrected chi connectivity index (χ4v) is 2.08. The van der Waals surface area contributed by atoms with Gasteiger partial charge in [-0.3, -0.25) is 0 Å². The van der Waals surface area contributed by atoms with Crippen LogP contribution in [0.4, 0.5) is 29.2 Å². The topological polar surface area (TPSA) is 293 Å². The van der Waals surface area contributed by atoms with Crippen molar-refractivity contribution in [2.45, 2.75) is 0 Å². The normalized spacial score (nSPS) is 9.53. The molecule has 2 heterocycles. The fourth-order valence-electron chi connectivity index (χ4n) is 2.08. The second-order valence-electron chi connectivity index (χ2n) is 6.18. The number of nitroso groups, excluding NO2 is 1. The van der Waals surface area contributed by atoms with Crippen molar-refractivity contribution < 1.29 is 58.0 Å². The Morgan fingerprint density at radius 1 is 0.763 bits per heavy atom. The molecule has 2 aromatic heterocycles. The number of anilines is 4. The van der Waals surface area contributed by atoms with Gasteiger partial charge in [-0.1, -0.05) is 0 Å². The number of nitrogens with zero attached hydrogens (tertiary/aromatic N) is 6. The molecule has 2 aromatic rings. The maximum absolute atomic E-state index is 10.6. The van der Waals surface area contributed by atoms with Crippen molar-refractivity contribution in [3.8, 4) is 11.8 Å². The van der Waals surface area contributed by atoms with E-state index >= 15 is 0 Å². The fraction of sp³-hybridized carbons (Fsp3) is 0.556. The van der Waals surface area contributed by atoms with E-state index in [1.165, 1.54) is 6.07 Å². The van der Waals surface area contributed by atoms with Crippen molar-refractivity contribution in [3.05, 3.63) is 21.1 Å². The minimum absolute atomic E-state index is 0. The van der Waals surface area contributed by atoms with E-state index in [0.29, 0.717) is 52.1 Å². The van der Waals surface area contributed by atoms with Gasteiger partial charge in [0.15, 0.2) is 5.82 Å². The van der Waals surface area contributed by atoms with E-state index in [1.807, 2.05) is 0 Å². The summed E-state index contributed by atoms with van der Waals surface area (Å²) < 4.78 is 30.5. The predicted molar refractivity (Wildman–Crippen MR) is 133 cm³/mol. The molecule has 0 saturated carbocycles. The molecule has 0 amide bonds. The van der Waals surface area contributed by atoms with E-state index in [-0.39, 0.29) is 71.3 Å². The summed E-state index contributed by atoms with van der Waals surface area (Å²) in [5.74, 6) is 0.465. The van der Waals surface area contributed by atoms with Gasteiger partial charge in [0.25, 0.3) is 5.88 Å². The standard InChI is InChI=1S/C9H15N5O4.C9H16N4O3.HNO2.Na/c1-16-2-3-17-4-5-18-8-6(14-15)7(10)12-9(11)13-8;1-14-2-3-15-4-5-16-8-6-7(10)12-9(11)13-8;2-1-3;/h2-5H2,1H3,(H4,10,11,12,13);6H,2-5H2,1H3,(H4,10,11,12,13);(H,2,3);/q;;;+1/p-1. The Morgan fingerprint density at radius 3 is 1.76 bits per heavy atom. The molecule has 2 rings (SSSR count). The molecule has 0 aliphatic carbocycles. The van der Waals surface area contributed by atoms with E-state index < -0.39 is 0 Å². The molecule has 0 spiro atoms. The smallest absolute Gasteiger partial charge is 0.475 e. The zero-order valence-corrected chi connectivity index (χ0v) is 23.4. The maximum Gasteiger partial charge on any atom is 1.00 e. The second-order valence-corrected chi connectivity index (χ2v) is 6.18. The second kappa shape index (κ2) is 24.2. The SMILES string of the molecule is COCCOCCOc1cc(N)nc(N)n1.COCCOCCOc1nc(N)nc(N)c1N=O.O=N[O-].[Na+]. The molecular formula is C18H31N10NaO9. The summed E-state index contributed by atoms with van der Waals surface area (Å²) in [5, 5.41) is 11.7. The molecule has 38 heavy (non-hydrogen) atoms. The Kier molecular flexibility index (Phi) is 23.5. The summed E-state index contributed by atoms with van der Waals surface area (Å²) in [5.41, 5.74) is 21.5. The van der Waals surface area contributed by atoms with Crippen LogP contribution in [0.3, 0.4) is 0 Å². The van der Waals surface area contributed by atoms with Crippen LogP contribution in [-0.2, 0) is 18.9 Å². The average molecular weight is 554 g/mol. The van der Waals surface area contributed by atoms with Crippen LogP contribution in [0.5, 0.6) is 11.8 Å².